The van der Waals surface area contributed by atoms with Gasteiger partial charge in [-0.15, -0.1) is 0 Å². The van der Waals surface area contributed by atoms with Crippen LogP contribution in [0.2, 0.25) is 0 Å². The van der Waals surface area contributed by atoms with Gasteiger partial charge < -0.3 is 20.9 Å². The number of benzene rings is 1. The molecule has 0 heterocycles. The van der Waals surface area contributed by atoms with Gasteiger partial charge in [-0.3, -0.25) is 4.79 Å². The molecule has 4 N–H and O–H groups in total. The van der Waals surface area contributed by atoms with Gasteiger partial charge in [0.2, 0.25) is 0 Å². The van der Waals surface area contributed by atoms with E-state index in [0.717, 1.165) is 12.0 Å². The first-order valence-electron chi connectivity index (χ1n) is 6.00. The van der Waals surface area contributed by atoms with Crippen LogP contribution in [0.15, 0.2) is 18.2 Å². The number of nitrogens with two attached hydrogens (primary N) is 1. The molecule has 0 bridgehead atoms. The standard InChI is InChI=1S/C13H20N2O3/c1-10-9-11(16)3-4-12(10)13(17)15-6-2-7-18-8-5-14/h3-4,9,16H,2,5-8,14H2,1H3,(H,15,17). The van der Waals surface area contributed by atoms with Crippen LogP contribution < -0.4 is 11.1 Å². The highest BCUT2D eigenvalue weighted by Crippen LogP contribution is 2.15. The van der Waals surface area contributed by atoms with E-state index < -0.39 is 0 Å². The molecule has 5 heteroatoms. The smallest absolute Gasteiger partial charge is 0.251 e. The van der Waals surface area contributed by atoms with E-state index in [0.29, 0.717) is 31.9 Å². The number of hydrogen-bond acceptors (Lipinski definition) is 4. The lowest BCUT2D eigenvalue weighted by Crippen LogP contribution is -2.26. The summed E-state index contributed by atoms with van der Waals surface area (Å²) in [5.74, 6) is 0.0329. The van der Waals surface area contributed by atoms with Gasteiger partial charge in [0.05, 0.1) is 6.61 Å². The minimum Gasteiger partial charge on any atom is -0.508 e. The fraction of sp³-hybridized carbons (Fsp3) is 0.462. The molecule has 100 valence electrons. The van der Waals surface area contributed by atoms with Gasteiger partial charge in [0, 0.05) is 25.3 Å². The summed E-state index contributed by atoms with van der Waals surface area (Å²) in [6.45, 7) is 4.00. The van der Waals surface area contributed by atoms with Crippen LogP contribution in [0.4, 0.5) is 0 Å². The maximum atomic E-state index is 11.8. The van der Waals surface area contributed by atoms with Crippen LogP contribution in [0, 0.1) is 6.92 Å². The number of aromatic hydroxyl groups is 1. The molecule has 1 aromatic rings. The van der Waals surface area contributed by atoms with Crippen LogP contribution >= 0.6 is 0 Å². The first-order chi connectivity index (χ1) is 8.65. The van der Waals surface area contributed by atoms with Crippen molar-refractivity contribution in [2.75, 3.05) is 26.3 Å². The van der Waals surface area contributed by atoms with Gasteiger partial charge in [0.1, 0.15) is 5.75 Å². The SMILES string of the molecule is Cc1cc(O)ccc1C(=O)NCCCOCCN. The topological polar surface area (TPSA) is 84.6 Å². The molecule has 0 fully saturated rings. The number of nitrogens with one attached hydrogen (secondary N) is 1. The molecule has 0 unspecified atom stereocenters. The number of aryl methyl sites for hydroxylation is 1. The third kappa shape index (κ3) is 4.73. The van der Waals surface area contributed by atoms with Crippen molar-refractivity contribution >= 4 is 5.91 Å². The molecule has 0 radical (unpaired) electrons. The second-order valence-electron chi connectivity index (χ2n) is 4.01. The number of phenols is 1. The Morgan fingerprint density at radius 2 is 2.22 bits per heavy atom. The maximum Gasteiger partial charge on any atom is 0.251 e. The monoisotopic (exact) mass is 252 g/mol. The average Bonchev–Trinajstić information content (AvgIpc) is 2.33. The number of hydrogen-bond donors (Lipinski definition) is 3. The van der Waals surface area contributed by atoms with Crippen LogP contribution in [0.3, 0.4) is 0 Å². The first-order valence-corrected chi connectivity index (χ1v) is 6.00. The zero-order valence-electron chi connectivity index (χ0n) is 10.6. The summed E-state index contributed by atoms with van der Waals surface area (Å²) in [6, 6.07) is 4.69. The highest BCUT2D eigenvalue weighted by Gasteiger charge is 2.08. The van der Waals surface area contributed by atoms with Gasteiger partial charge in [-0.2, -0.15) is 0 Å². The maximum absolute atomic E-state index is 11.8. The second kappa shape index (κ2) is 7.68. The van der Waals surface area contributed by atoms with Crippen LogP contribution in [0.1, 0.15) is 22.3 Å². The predicted molar refractivity (Wildman–Crippen MR) is 69.7 cm³/mol. The third-order valence-electron chi connectivity index (χ3n) is 2.47. The lowest BCUT2D eigenvalue weighted by atomic mass is 10.1. The molecule has 0 atom stereocenters. The molecule has 0 aliphatic heterocycles. The van der Waals surface area contributed by atoms with Crippen LogP contribution in [-0.4, -0.2) is 37.3 Å². The normalized spacial score (nSPS) is 10.3. The third-order valence-corrected chi connectivity index (χ3v) is 2.47. The summed E-state index contributed by atoms with van der Waals surface area (Å²) in [6.07, 6.45) is 0.753. The molecule has 0 spiro atoms. The molecule has 0 saturated carbocycles. The number of amides is 1. The van der Waals surface area contributed by atoms with Crippen molar-refractivity contribution in [1.29, 1.82) is 0 Å². The zero-order valence-corrected chi connectivity index (χ0v) is 10.6. The molecular formula is C13H20N2O3. The Morgan fingerprint density at radius 1 is 1.44 bits per heavy atom. The molecule has 0 aliphatic rings. The van der Waals surface area contributed by atoms with Crippen molar-refractivity contribution in [2.45, 2.75) is 13.3 Å². The van der Waals surface area contributed by atoms with Crippen LogP contribution in [-0.2, 0) is 4.74 Å². The van der Waals surface area contributed by atoms with E-state index >= 15 is 0 Å². The van der Waals surface area contributed by atoms with Crippen LogP contribution in [0.5, 0.6) is 5.75 Å². The van der Waals surface area contributed by atoms with Gasteiger partial charge in [-0.1, -0.05) is 0 Å². The first kappa shape index (κ1) is 14.5. The summed E-state index contributed by atoms with van der Waals surface area (Å²) in [5.41, 5.74) is 6.62. The van der Waals surface area contributed by atoms with E-state index in [9.17, 15) is 9.90 Å². The van der Waals surface area contributed by atoms with Crippen molar-refractivity contribution in [3.8, 4) is 5.75 Å². The predicted octanol–water partition coefficient (Wildman–Crippen LogP) is 0.796. The minimum absolute atomic E-state index is 0.133. The Kier molecular flexibility index (Phi) is 6.18. The molecule has 1 aromatic carbocycles. The van der Waals surface area contributed by atoms with Gasteiger partial charge >= 0.3 is 0 Å². The Labute approximate surface area is 107 Å². The van der Waals surface area contributed by atoms with Gasteiger partial charge in [-0.25, -0.2) is 0 Å². The molecule has 0 aliphatic carbocycles. The van der Waals surface area contributed by atoms with Gasteiger partial charge in [-0.05, 0) is 37.1 Å². The van der Waals surface area contributed by atoms with E-state index in [2.05, 4.69) is 5.32 Å². The fourth-order valence-electron chi connectivity index (χ4n) is 1.56. The summed E-state index contributed by atoms with van der Waals surface area (Å²) in [7, 11) is 0. The number of carbonyl (C=O) groups excluding carboxylic acids is 1. The fourth-order valence-corrected chi connectivity index (χ4v) is 1.56. The van der Waals surface area contributed by atoms with Gasteiger partial charge in [0.15, 0.2) is 0 Å². The summed E-state index contributed by atoms with van der Waals surface area (Å²) >= 11 is 0. The van der Waals surface area contributed by atoms with Crippen molar-refractivity contribution in [1.82, 2.24) is 5.32 Å². The molecular weight excluding hydrogens is 232 g/mol. The lowest BCUT2D eigenvalue weighted by molar-refractivity contribution is 0.0942. The van der Waals surface area contributed by atoms with E-state index in [4.69, 9.17) is 10.5 Å². The Bertz CT molecular complexity index is 394. The Hall–Kier alpha value is -1.59. The summed E-state index contributed by atoms with van der Waals surface area (Å²) in [4.78, 5) is 11.8. The minimum atomic E-state index is -0.133. The van der Waals surface area contributed by atoms with E-state index in [-0.39, 0.29) is 11.7 Å². The number of rotatable bonds is 7. The largest absolute Gasteiger partial charge is 0.508 e. The highest BCUT2D eigenvalue weighted by molar-refractivity contribution is 5.95. The summed E-state index contributed by atoms with van der Waals surface area (Å²) in [5, 5.41) is 12.1. The summed E-state index contributed by atoms with van der Waals surface area (Å²) < 4.78 is 5.20. The van der Waals surface area contributed by atoms with Crippen molar-refractivity contribution in [3.63, 3.8) is 0 Å². The van der Waals surface area contributed by atoms with Crippen LogP contribution in [0.25, 0.3) is 0 Å². The quantitative estimate of drug-likeness (QED) is 0.627. The molecule has 0 saturated heterocycles. The second-order valence-corrected chi connectivity index (χ2v) is 4.01. The lowest BCUT2D eigenvalue weighted by Gasteiger charge is -2.08. The zero-order chi connectivity index (χ0) is 13.4. The Morgan fingerprint density at radius 3 is 2.89 bits per heavy atom. The molecule has 18 heavy (non-hydrogen) atoms. The van der Waals surface area contributed by atoms with Crippen molar-refractivity contribution in [2.24, 2.45) is 5.73 Å². The molecule has 5 nitrogen and oxygen atoms in total. The van der Waals surface area contributed by atoms with E-state index in [1.54, 1.807) is 19.1 Å². The van der Waals surface area contributed by atoms with E-state index in [1.165, 1.54) is 6.07 Å². The molecule has 1 amide bonds. The molecule has 0 aromatic heterocycles. The number of carbonyl (C=O) groups is 1. The Balaban J connectivity index is 2.32. The van der Waals surface area contributed by atoms with Gasteiger partial charge in [0.25, 0.3) is 5.91 Å². The number of ether oxygens (including phenoxy) is 1. The van der Waals surface area contributed by atoms with E-state index in [1.807, 2.05) is 0 Å². The van der Waals surface area contributed by atoms with Crippen molar-refractivity contribution < 1.29 is 14.6 Å². The van der Waals surface area contributed by atoms with Crippen molar-refractivity contribution in [3.05, 3.63) is 29.3 Å². The number of phenolic OH excluding ortho intramolecular Hbond substituents is 1. The molecule has 1 rings (SSSR count). The highest BCUT2D eigenvalue weighted by atomic mass is 16.5. The average molecular weight is 252 g/mol.